The van der Waals surface area contributed by atoms with Crippen LogP contribution in [0.4, 0.5) is 0 Å². The monoisotopic (exact) mass is 807 g/mol. The molecule has 0 saturated heterocycles. The van der Waals surface area contributed by atoms with Crippen LogP contribution in [0, 0.1) is 0 Å². The highest BCUT2D eigenvalue weighted by molar-refractivity contribution is 5.71. The van der Waals surface area contributed by atoms with E-state index < -0.39 is 6.10 Å². The number of carbonyl (C=O) groups excluding carboxylic acids is 3. The van der Waals surface area contributed by atoms with E-state index in [0.717, 1.165) is 122 Å². The molecule has 330 valence electrons. The van der Waals surface area contributed by atoms with Gasteiger partial charge in [-0.2, -0.15) is 0 Å². The highest BCUT2D eigenvalue weighted by Gasteiger charge is 2.19. The van der Waals surface area contributed by atoms with Gasteiger partial charge in [0.05, 0.1) is 0 Å². The Bertz CT molecular complexity index is 1160. The fourth-order valence-corrected chi connectivity index (χ4v) is 6.02. The maximum atomic E-state index is 12.7. The molecule has 0 saturated carbocycles. The second-order valence-electron chi connectivity index (χ2n) is 15.3. The molecule has 58 heavy (non-hydrogen) atoms. The molecule has 0 amide bonds. The molecule has 0 rings (SSSR count). The van der Waals surface area contributed by atoms with E-state index in [2.05, 4.69) is 106 Å². The Morgan fingerprint density at radius 3 is 1.10 bits per heavy atom. The maximum absolute atomic E-state index is 12.7. The number of allylic oxidation sites excluding steroid dienone is 14. The van der Waals surface area contributed by atoms with E-state index in [-0.39, 0.29) is 31.1 Å². The van der Waals surface area contributed by atoms with Crippen LogP contribution in [-0.2, 0) is 28.6 Å². The third-order valence-electron chi connectivity index (χ3n) is 9.60. The summed E-state index contributed by atoms with van der Waals surface area (Å²) in [4.78, 5) is 37.8. The zero-order valence-electron chi connectivity index (χ0n) is 37.5. The smallest absolute Gasteiger partial charge is 0.306 e. The van der Waals surface area contributed by atoms with Gasteiger partial charge in [0, 0.05) is 19.3 Å². The minimum atomic E-state index is -0.802. The summed E-state index contributed by atoms with van der Waals surface area (Å²) in [5.41, 5.74) is 0. The minimum absolute atomic E-state index is 0.101. The Hall–Kier alpha value is -3.41. The van der Waals surface area contributed by atoms with E-state index in [0.29, 0.717) is 19.3 Å². The van der Waals surface area contributed by atoms with Gasteiger partial charge in [-0.15, -0.1) is 0 Å². The molecule has 6 heteroatoms. The number of esters is 3. The lowest BCUT2D eigenvalue weighted by Gasteiger charge is -2.18. The molecule has 0 aliphatic heterocycles. The zero-order chi connectivity index (χ0) is 42.3. The Morgan fingerprint density at radius 2 is 0.672 bits per heavy atom. The molecular weight excluding hydrogens is 721 g/mol. The molecule has 0 aromatic heterocycles. The van der Waals surface area contributed by atoms with Crippen molar-refractivity contribution >= 4 is 17.9 Å². The van der Waals surface area contributed by atoms with Gasteiger partial charge in [-0.3, -0.25) is 14.4 Å². The van der Waals surface area contributed by atoms with Gasteiger partial charge < -0.3 is 14.2 Å². The number of hydrogen-bond acceptors (Lipinski definition) is 6. The molecule has 0 heterocycles. The molecule has 0 aromatic rings. The van der Waals surface area contributed by atoms with Crippen molar-refractivity contribution in [3.05, 3.63) is 85.1 Å². The maximum Gasteiger partial charge on any atom is 0.306 e. The van der Waals surface area contributed by atoms with E-state index in [9.17, 15) is 14.4 Å². The van der Waals surface area contributed by atoms with Crippen molar-refractivity contribution in [2.24, 2.45) is 0 Å². The SMILES string of the molecule is CC/C=C\C/C=C\C/C=C\C/C=C\CCCCC(=O)OC[C@@H](COC(=O)CCCCCCC/C=C\CCCC)OC(=O)CCCCCCC/C=C\C/C=C\CCCC. The molecular formula is C52H86O6. The van der Waals surface area contributed by atoms with Crippen molar-refractivity contribution < 1.29 is 28.6 Å². The number of rotatable bonds is 41. The third kappa shape index (κ3) is 43.7. The summed E-state index contributed by atoms with van der Waals surface area (Å²) in [6.45, 7) is 6.37. The lowest BCUT2D eigenvalue weighted by atomic mass is 10.1. The van der Waals surface area contributed by atoms with E-state index in [1.54, 1.807) is 0 Å². The lowest BCUT2D eigenvalue weighted by Crippen LogP contribution is -2.30. The first-order valence-electron chi connectivity index (χ1n) is 23.6. The molecule has 0 N–H and O–H groups in total. The van der Waals surface area contributed by atoms with Crippen molar-refractivity contribution in [2.45, 2.75) is 213 Å². The van der Waals surface area contributed by atoms with Gasteiger partial charge >= 0.3 is 17.9 Å². The zero-order valence-corrected chi connectivity index (χ0v) is 37.5. The third-order valence-corrected chi connectivity index (χ3v) is 9.60. The lowest BCUT2D eigenvalue weighted by molar-refractivity contribution is -0.167. The van der Waals surface area contributed by atoms with Crippen LogP contribution in [0.2, 0.25) is 0 Å². The van der Waals surface area contributed by atoms with Crippen molar-refractivity contribution in [2.75, 3.05) is 13.2 Å². The summed E-state index contributed by atoms with van der Waals surface area (Å²) in [6.07, 6.45) is 58.5. The largest absolute Gasteiger partial charge is 0.462 e. The fourth-order valence-electron chi connectivity index (χ4n) is 6.02. The van der Waals surface area contributed by atoms with Crippen LogP contribution >= 0.6 is 0 Å². The molecule has 0 fully saturated rings. The van der Waals surface area contributed by atoms with Crippen molar-refractivity contribution in [1.29, 1.82) is 0 Å². The number of ether oxygens (including phenoxy) is 3. The van der Waals surface area contributed by atoms with Gasteiger partial charge in [0.2, 0.25) is 0 Å². The van der Waals surface area contributed by atoms with E-state index >= 15 is 0 Å². The van der Waals surface area contributed by atoms with Crippen LogP contribution in [0.3, 0.4) is 0 Å². The molecule has 0 bridgehead atoms. The standard InChI is InChI=1S/C52H86O6/c1-4-7-10-13-16-19-22-24-26-28-30-33-36-39-42-45-51(54)57-48-49(47-56-50(53)44-41-38-35-32-29-21-18-15-12-9-6-3)58-52(55)46-43-40-37-34-31-27-25-23-20-17-14-11-8-5-2/h7,10,14-19,23-26,30,33,49H,4-6,8-9,11-13,20-22,27-29,31-32,34-48H2,1-3H3/b10-7-,17-14-,18-15-,19-16-,25-23-,26-24-,33-30-/t49-/m1/s1. The summed E-state index contributed by atoms with van der Waals surface area (Å²) in [7, 11) is 0. The van der Waals surface area contributed by atoms with E-state index in [1.807, 2.05) is 0 Å². The fraction of sp³-hybridized carbons (Fsp3) is 0.673. The van der Waals surface area contributed by atoms with Gasteiger partial charge in [0.25, 0.3) is 0 Å². The summed E-state index contributed by atoms with van der Waals surface area (Å²) < 4.78 is 16.7. The molecule has 0 unspecified atom stereocenters. The molecule has 0 aromatic carbocycles. The predicted molar refractivity (Wildman–Crippen MR) is 247 cm³/mol. The number of hydrogen-bond donors (Lipinski definition) is 0. The van der Waals surface area contributed by atoms with Crippen LogP contribution in [0.1, 0.15) is 207 Å². The normalized spacial score (nSPS) is 12.8. The first-order chi connectivity index (χ1) is 28.5. The van der Waals surface area contributed by atoms with Gasteiger partial charge in [0.1, 0.15) is 13.2 Å². The Morgan fingerprint density at radius 1 is 0.362 bits per heavy atom. The van der Waals surface area contributed by atoms with Gasteiger partial charge in [-0.25, -0.2) is 0 Å². The molecule has 0 aliphatic carbocycles. The van der Waals surface area contributed by atoms with Crippen LogP contribution < -0.4 is 0 Å². The average molecular weight is 807 g/mol. The minimum Gasteiger partial charge on any atom is -0.462 e. The van der Waals surface area contributed by atoms with Gasteiger partial charge in [-0.1, -0.05) is 170 Å². The Labute approximate surface area is 356 Å². The van der Waals surface area contributed by atoms with Crippen LogP contribution in [0.5, 0.6) is 0 Å². The second kappa shape index (κ2) is 46.3. The first-order valence-corrected chi connectivity index (χ1v) is 23.6. The molecule has 1 atom stereocenters. The average Bonchev–Trinajstić information content (AvgIpc) is 3.22. The van der Waals surface area contributed by atoms with E-state index in [1.165, 1.54) is 44.9 Å². The molecule has 6 nitrogen and oxygen atoms in total. The summed E-state index contributed by atoms with van der Waals surface area (Å²) >= 11 is 0. The molecule has 0 aliphatic rings. The first kappa shape index (κ1) is 54.6. The van der Waals surface area contributed by atoms with Crippen LogP contribution in [-0.4, -0.2) is 37.2 Å². The van der Waals surface area contributed by atoms with Crippen LogP contribution in [0.25, 0.3) is 0 Å². The quantitative estimate of drug-likeness (QED) is 0.0265. The summed E-state index contributed by atoms with van der Waals surface area (Å²) in [6, 6.07) is 0. The van der Waals surface area contributed by atoms with Crippen molar-refractivity contribution in [3.8, 4) is 0 Å². The van der Waals surface area contributed by atoms with Crippen molar-refractivity contribution in [1.82, 2.24) is 0 Å². The molecule has 0 radical (unpaired) electrons. The molecule has 0 spiro atoms. The van der Waals surface area contributed by atoms with Crippen LogP contribution in [0.15, 0.2) is 85.1 Å². The number of unbranched alkanes of at least 4 members (excludes halogenated alkanes) is 16. The predicted octanol–water partition coefficient (Wildman–Crippen LogP) is 15.3. The highest BCUT2D eigenvalue weighted by Crippen LogP contribution is 2.12. The van der Waals surface area contributed by atoms with Gasteiger partial charge in [-0.05, 0) is 103 Å². The number of carbonyl (C=O) groups is 3. The van der Waals surface area contributed by atoms with E-state index in [4.69, 9.17) is 14.2 Å². The topological polar surface area (TPSA) is 78.9 Å². The highest BCUT2D eigenvalue weighted by atomic mass is 16.6. The van der Waals surface area contributed by atoms with Gasteiger partial charge in [0.15, 0.2) is 6.10 Å². The Balaban J connectivity index is 4.50. The second-order valence-corrected chi connectivity index (χ2v) is 15.3. The summed E-state index contributed by atoms with van der Waals surface area (Å²) in [5.74, 6) is -0.974. The summed E-state index contributed by atoms with van der Waals surface area (Å²) in [5, 5.41) is 0. The Kier molecular flexibility index (Phi) is 43.6. The van der Waals surface area contributed by atoms with Crippen molar-refractivity contribution in [3.63, 3.8) is 0 Å².